The van der Waals surface area contributed by atoms with Gasteiger partial charge in [0.25, 0.3) is 0 Å². The summed E-state index contributed by atoms with van der Waals surface area (Å²) in [6, 6.07) is 6.62. The van der Waals surface area contributed by atoms with Crippen LogP contribution in [0.2, 0.25) is 0 Å². The molecule has 1 saturated heterocycles. The predicted octanol–water partition coefficient (Wildman–Crippen LogP) is 2.74. The van der Waals surface area contributed by atoms with Gasteiger partial charge >= 0.3 is 0 Å². The van der Waals surface area contributed by atoms with E-state index >= 15 is 0 Å². The van der Waals surface area contributed by atoms with Crippen LogP contribution >= 0.6 is 12.4 Å². The summed E-state index contributed by atoms with van der Waals surface area (Å²) in [5, 5.41) is 3.26. The lowest BCUT2D eigenvalue weighted by Gasteiger charge is -2.34. The number of carbonyl (C=O) groups excluding carboxylic acids is 1. The summed E-state index contributed by atoms with van der Waals surface area (Å²) in [5.74, 6) is -0.329. The molecule has 1 amide bonds. The number of benzene rings is 1. The van der Waals surface area contributed by atoms with Gasteiger partial charge in [-0.25, -0.2) is 4.39 Å². The maximum Gasteiger partial charge on any atom is 0.227 e. The Morgan fingerprint density at radius 2 is 2.00 bits per heavy atom. The third-order valence-electron chi connectivity index (χ3n) is 3.36. The first kappa shape index (κ1) is 15.9. The summed E-state index contributed by atoms with van der Waals surface area (Å²) < 4.78 is 13.9. The van der Waals surface area contributed by atoms with Gasteiger partial charge in [0.05, 0.1) is 5.69 Å². The van der Waals surface area contributed by atoms with Crippen LogP contribution in [0.3, 0.4) is 0 Å². The lowest BCUT2D eigenvalue weighted by Crippen LogP contribution is -2.46. The number of carbonyl (C=O) groups is 1. The summed E-state index contributed by atoms with van der Waals surface area (Å²) in [4.78, 5) is 13.8. The second-order valence-electron chi connectivity index (χ2n) is 4.55. The number of rotatable bonds is 3. The molecule has 0 spiro atoms. The molecule has 1 aliphatic heterocycles. The Morgan fingerprint density at radius 1 is 1.37 bits per heavy atom. The van der Waals surface area contributed by atoms with Crippen LogP contribution in [0.4, 0.5) is 10.1 Å². The molecule has 0 saturated carbocycles. The maximum absolute atomic E-state index is 13.9. The SMILES string of the molecule is CCC(=O)N(c1ccccc1F)C1CCNCC1.Cl. The molecule has 0 bridgehead atoms. The van der Waals surface area contributed by atoms with E-state index in [9.17, 15) is 9.18 Å². The van der Waals surface area contributed by atoms with Gasteiger partial charge in [-0.3, -0.25) is 4.79 Å². The minimum atomic E-state index is -0.321. The van der Waals surface area contributed by atoms with Crippen molar-refractivity contribution in [1.29, 1.82) is 0 Å². The normalized spacial score (nSPS) is 15.7. The fourth-order valence-corrected chi connectivity index (χ4v) is 2.42. The van der Waals surface area contributed by atoms with E-state index in [0.29, 0.717) is 12.1 Å². The van der Waals surface area contributed by atoms with Crippen LogP contribution in [-0.4, -0.2) is 25.0 Å². The first-order valence-electron chi connectivity index (χ1n) is 6.51. The van der Waals surface area contributed by atoms with E-state index < -0.39 is 0 Å². The van der Waals surface area contributed by atoms with Crippen molar-refractivity contribution in [2.24, 2.45) is 0 Å². The molecular formula is C14H20ClFN2O. The Balaban J connectivity index is 0.00000180. The molecule has 1 aromatic carbocycles. The van der Waals surface area contributed by atoms with Crippen LogP contribution in [0.15, 0.2) is 24.3 Å². The number of nitrogens with one attached hydrogen (secondary N) is 1. The molecule has 0 aromatic heterocycles. The van der Waals surface area contributed by atoms with Gasteiger partial charge < -0.3 is 10.2 Å². The summed E-state index contributed by atoms with van der Waals surface area (Å²) in [6.07, 6.45) is 2.15. The quantitative estimate of drug-likeness (QED) is 0.927. The molecule has 5 heteroatoms. The Hall–Kier alpha value is -1.13. The Morgan fingerprint density at radius 3 is 2.58 bits per heavy atom. The molecule has 1 fully saturated rings. The van der Waals surface area contributed by atoms with Gasteiger partial charge in [0.15, 0.2) is 0 Å². The molecule has 1 heterocycles. The number of anilines is 1. The zero-order chi connectivity index (χ0) is 13.0. The molecule has 19 heavy (non-hydrogen) atoms. The Labute approximate surface area is 119 Å². The largest absolute Gasteiger partial charge is 0.317 e. The summed E-state index contributed by atoms with van der Waals surface area (Å²) >= 11 is 0. The first-order chi connectivity index (χ1) is 8.74. The highest BCUT2D eigenvalue weighted by Crippen LogP contribution is 2.25. The van der Waals surface area contributed by atoms with Gasteiger partial charge in [-0.05, 0) is 38.1 Å². The number of para-hydroxylation sites is 1. The summed E-state index contributed by atoms with van der Waals surface area (Å²) in [5.41, 5.74) is 0.413. The fraction of sp³-hybridized carbons (Fsp3) is 0.500. The molecule has 1 N–H and O–H groups in total. The Kier molecular flexibility index (Phi) is 6.25. The van der Waals surface area contributed by atoms with Crippen LogP contribution in [0.5, 0.6) is 0 Å². The van der Waals surface area contributed by atoms with Crippen LogP contribution in [0, 0.1) is 5.82 Å². The van der Waals surface area contributed by atoms with Gasteiger partial charge in [-0.1, -0.05) is 19.1 Å². The number of hydrogen-bond acceptors (Lipinski definition) is 2. The molecule has 106 valence electrons. The van der Waals surface area contributed by atoms with Crippen molar-refractivity contribution in [3.05, 3.63) is 30.1 Å². The summed E-state index contributed by atoms with van der Waals surface area (Å²) in [6.45, 7) is 3.58. The Bertz CT molecular complexity index is 422. The second kappa shape index (κ2) is 7.46. The van der Waals surface area contributed by atoms with E-state index in [1.54, 1.807) is 23.1 Å². The van der Waals surface area contributed by atoms with E-state index in [4.69, 9.17) is 0 Å². The van der Waals surface area contributed by atoms with E-state index in [2.05, 4.69) is 5.32 Å². The van der Waals surface area contributed by atoms with Gasteiger partial charge in [0, 0.05) is 12.5 Å². The first-order valence-corrected chi connectivity index (χ1v) is 6.51. The number of halogens is 2. The minimum Gasteiger partial charge on any atom is -0.317 e. The molecule has 0 unspecified atom stereocenters. The van der Waals surface area contributed by atoms with Crippen molar-refractivity contribution in [1.82, 2.24) is 5.32 Å². The average molecular weight is 287 g/mol. The van der Waals surface area contributed by atoms with Crippen molar-refractivity contribution in [2.45, 2.75) is 32.2 Å². The number of hydrogen-bond donors (Lipinski definition) is 1. The van der Waals surface area contributed by atoms with Crippen molar-refractivity contribution >= 4 is 24.0 Å². The van der Waals surface area contributed by atoms with Crippen molar-refractivity contribution in [2.75, 3.05) is 18.0 Å². The highest BCUT2D eigenvalue weighted by Gasteiger charge is 2.27. The number of nitrogens with zero attached hydrogens (tertiary/aromatic N) is 1. The van der Waals surface area contributed by atoms with Crippen molar-refractivity contribution in [3.8, 4) is 0 Å². The van der Waals surface area contributed by atoms with Gasteiger partial charge in [-0.15, -0.1) is 12.4 Å². The zero-order valence-electron chi connectivity index (χ0n) is 11.1. The molecular weight excluding hydrogens is 267 g/mol. The van der Waals surface area contributed by atoms with Crippen LogP contribution in [-0.2, 0) is 4.79 Å². The van der Waals surface area contributed by atoms with Crippen LogP contribution < -0.4 is 10.2 Å². The molecule has 1 aliphatic rings. The minimum absolute atomic E-state index is 0. The van der Waals surface area contributed by atoms with Gasteiger partial charge in [0.2, 0.25) is 5.91 Å². The number of piperidine rings is 1. The third-order valence-corrected chi connectivity index (χ3v) is 3.36. The average Bonchev–Trinajstić information content (AvgIpc) is 2.42. The molecule has 2 rings (SSSR count). The van der Waals surface area contributed by atoms with E-state index in [-0.39, 0.29) is 30.2 Å². The molecule has 3 nitrogen and oxygen atoms in total. The fourth-order valence-electron chi connectivity index (χ4n) is 2.42. The predicted molar refractivity (Wildman–Crippen MR) is 77.3 cm³/mol. The zero-order valence-corrected chi connectivity index (χ0v) is 11.9. The standard InChI is InChI=1S/C14H19FN2O.ClH/c1-2-14(18)17(11-7-9-16-10-8-11)13-6-4-3-5-12(13)15;/h3-6,11,16H,2,7-10H2,1H3;1H. The van der Waals surface area contributed by atoms with Crippen molar-refractivity contribution < 1.29 is 9.18 Å². The van der Waals surface area contributed by atoms with Gasteiger partial charge in [-0.2, -0.15) is 0 Å². The topological polar surface area (TPSA) is 32.3 Å². The van der Waals surface area contributed by atoms with E-state index in [1.165, 1.54) is 6.07 Å². The molecule has 0 aliphatic carbocycles. The monoisotopic (exact) mass is 286 g/mol. The summed E-state index contributed by atoms with van der Waals surface area (Å²) in [7, 11) is 0. The smallest absolute Gasteiger partial charge is 0.227 e. The molecule has 1 aromatic rings. The lowest BCUT2D eigenvalue weighted by molar-refractivity contribution is -0.118. The lowest BCUT2D eigenvalue weighted by atomic mass is 10.0. The molecule has 0 atom stereocenters. The second-order valence-corrected chi connectivity index (χ2v) is 4.55. The maximum atomic E-state index is 13.9. The molecule has 0 radical (unpaired) electrons. The van der Waals surface area contributed by atoms with Crippen LogP contribution in [0.1, 0.15) is 26.2 Å². The number of amides is 1. The van der Waals surface area contributed by atoms with Crippen LogP contribution in [0.25, 0.3) is 0 Å². The highest BCUT2D eigenvalue weighted by molar-refractivity contribution is 5.93. The van der Waals surface area contributed by atoms with Gasteiger partial charge in [0.1, 0.15) is 5.82 Å². The third kappa shape index (κ3) is 3.67. The van der Waals surface area contributed by atoms with Crippen molar-refractivity contribution in [3.63, 3.8) is 0 Å². The highest BCUT2D eigenvalue weighted by atomic mass is 35.5. The van der Waals surface area contributed by atoms with E-state index in [0.717, 1.165) is 25.9 Å². The van der Waals surface area contributed by atoms with E-state index in [1.807, 2.05) is 6.92 Å².